The van der Waals surface area contributed by atoms with Gasteiger partial charge in [-0.25, -0.2) is 4.79 Å². The number of aliphatic carboxylic acids is 1. The molecule has 0 aromatic carbocycles. The van der Waals surface area contributed by atoms with E-state index in [0.29, 0.717) is 38.0 Å². The van der Waals surface area contributed by atoms with Gasteiger partial charge in [-0.2, -0.15) is 19.2 Å². The summed E-state index contributed by atoms with van der Waals surface area (Å²) in [6.07, 6.45) is 15.1. The maximum Gasteiger partial charge on any atom is 0.373 e. The number of unbranched alkanes of at least 4 members (excludes halogenated alkanes) is 8. The molecular formula is C34H55N5O9. The molecule has 0 aliphatic heterocycles. The largest absolute Gasteiger partial charge is 0.481 e. The Morgan fingerprint density at radius 2 is 1.31 bits per heavy atom. The number of carbonyl (C=O) groups excluding carboxylic acids is 7. The molecule has 4 N–H and O–H groups in total. The summed E-state index contributed by atoms with van der Waals surface area (Å²) in [6.45, 7) is 4.96. The Bertz CT molecular complexity index is 1050. The van der Waals surface area contributed by atoms with Crippen LogP contribution in [0.15, 0.2) is 24.4 Å². The maximum atomic E-state index is 12.1. The normalized spacial score (nSPS) is 10.6. The Labute approximate surface area is 284 Å². The third-order valence-electron chi connectivity index (χ3n) is 7.14. The van der Waals surface area contributed by atoms with Crippen LogP contribution < -0.4 is 16.0 Å². The van der Waals surface area contributed by atoms with Crippen LogP contribution in [0.5, 0.6) is 0 Å². The fourth-order valence-corrected chi connectivity index (χ4v) is 4.62. The molecule has 1 heterocycles. The molecule has 1 aromatic rings. The van der Waals surface area contributed by atoms with Crippen LogP contribution in [0.2, 0.25) is 0 Å². The van der Waals surface area contributed by atoms with Gasteiger partial charge < -0.3 is 26.0 Å². The molecule has 0 saturated heterocycles. The summed E-state index contributed by atoms with van der Waals surface area (Å²) >= 11 is 0. The molecular weight excluding hydrogens is 622 g/mol. The molecule has 1 unspecified atom stereocenters. The van der Waals surface area contributed by atoms with E-state index >= 15 is 0 Å². The van der Waals surface area contributed by atoms with Crippen molar-refractivity contribution in [1.29, 1.82) is 0 Å². The van der Waals surface area contributed by atoms with Crippen molar-refractivity contribution in [2.45, 2.75) is 122 Å². The molecule has 0 radical (unpaired) electrons. The van der Waals surface area contributed by atoms with Crippen molar-refractivity contribution in [3.05, 3.63) is 30.1 Å². The third-order valence-corrected chi connectivity index (χ3v) is 7.14. The first kappa shape index (κ1) is 45.9. The van der Waals surface area contributed by atoms with E-state index in [2.05, 4.69) is 32.9 Å². The van der Waals surface area contributed by atoms with Crippen LogP contribution in [0.4, 0.5) is 4.79 Å². The molecule has 14 heteroatoms. The average Bonchev–Trinajstić information content (AvgIpc) is 3.04. The Balaban J connectivity index is 0. The zero-order valence-electron chi connectivity index (χ0n) is 28.6. The first-order chi connectivity index (χ1) is 23.1. The highest BCUT2D eigenvalue weighted by Gasteiger charge is 2.09. The van der Waals surface area contributed by atoms with Gasteiger partial charge in [0.05, 0.1) is 5.69 Å². The molecule has 270 valence electrons. The van der Waals surface area contributed by atoms with E-state index in [1.165, 1.54) is 0 Å². The van der Waals surface area contributed by atoms with Gasteiger partial charge in [-0.15, -0.1) is 0 Å². The van der Waals surface area contributed by atoms with E-state index in [-0.39, 0.29) is 36.7 Å². The monoisotopic (exact) mass is 677 g/mol. The fourth-order valence-electron chi connectivity index (χ4n) is 4.62. The van der Waals surface area contributed by atoms with E-state index in [0.717, 1.165) is 96.0 Å². The lowest BCUT2D eigenvalue weighted by Crippen LogP contribution is -2.41. The van der Waals surface area contributed by atoms with Gasteiger partial charge in [0.15, 0.2) is 0 Å². The van der Waals surface area contributed by atoms with Gasteiger partial charge in [0.25, 0.3) is 0 Å². The molecule has 0 aliphatic rings. The number of hydrogen-bond acceptors (Lipinski definition) is 10. The molecule has 0 aliphatic carbocycles. The van der Waals surface area contributed by atoms with Gasteiger partial charge >= 0.3 is 24.3 Å². The minimum atomic E-state index is -0.867. The van der Waals surface area contributed by atoms with Gasteiger partial charge in [0.2, 0.25) is 5.91 Å². The molecule has 14 nitrogen and oxygen atoms in total. The van der Waals surface area contributed by atoms with Crippen molar-refractivity contribution in [2.75, 3.05) is 26.7 Å². The number of carboxylic acids is 1. The summed E-state index contributed by atoms with van der Waals surface area (Å²) in [7, 11) is 2.11. The number of nitrogens with one attached hydrogen (secondary N) is 3. The molecule has 1 atom stereocenters. The number of rotatable bonds is 26. The number of carboxylic acid groups (broad SMARTS) is 1. The van der Waals surface area contributed by atoms with Crippen LogP contribution in [0.1, 0.15) is 115 Å². The molecule has 0 bridgehead atoms. The van der Waals surface area contributed by atoms with Gasteiger partial charge in [0.1, 0.15) is 5.78 Å². The van der Waals surface area contributed by atoms with E-state index in [9.17, 15) is 19.2 Å². The number of aromatic nitrogens is 1. The Kier molecular flexibility index (Phi) is 32.6. The summed E-state index contributed by atoms with van der Waals surface area (Å²) < 4.78 is 0. The lowest BCUT2D eigenvalue weighted by Gasteiger charge is -2.15. The molecule has 3 amide bonds. The second-order valence-corrected chi connectivity index (χ2v) is 11.5. The van der Waals surface area contributed by atoms with Crippen molar-refractivity contribution >= 4 is 36.0 Å². The predicted octanol–water partition coefficient (Wildman–Crippen LogP) is 4.05. The first-order valence-electron chi connectivity index (χ1n) is 16.7. The molecule has 1 aromatic heterocycles. The molecule has 0 spiro atoms. The number of hydrogen-bond donors (Lipinski definition) is 4. The number of carbonyl (C=O) groups is 4. The van der Waals surface area contributed by atoms with Crippen molar-refractivity contribution in [2.24, 2.45) is 0 Å². The van der Waals surface area contributed by atoms with Crippen molar-refractivity contribution < 1.29 is 43.5 Å². The first-order valence-corrected chi connectivity index (χ1v) is 16.7. The number of pyridine rings is 1. The number of nitrogens with zero attached hydrogens (tertiary/aromatic N) is 2. The number of Topliss-reactive ketones (excluding diaryl/α,β-unsaturated/α-hetero) is 1. The van der Waals surface area contributed by atoms with E-state index in [4.69, 9.17) is 24.3 Å². The Hall–Kier alpha value is -4.25. The van der Waals surface area contributed by atoms with Crippen LogP contribution in [-0.4, -0.2) is 83.7 Å². The van der Waals surface area contributed by atoms with Gasteiger partial charge in [0, 0.05) is 57.6 Å². The summed E-state index contributed by atoms with van der Waals surface area (Å²) in [4.78, 5) is 85.6. The zero-order chi connectivity index (χ0) is 36.3. The average molecular weight is 678 g/mol. The van der Waals surface area contributed by atoms with Crippen LogP contribution in [-0.2, 0) is 40.1 Å². The highest BCUT2D eigenvalue weighted by molar-refractivity contribution is 5.78. The van der Waals surface area contributed by atoms with Crippen LogP contribution in [0.3, 0.4) is 0 Å². The lowest BCUT2D eigenvalue weighted by atomic mass is 10.0. The standard InChI is InChI=1S/C32H55N5O5.2CO2/c1-27(20-21-31(40)41)36-32(42)35-24-12-6-5-9-18-29(38)17-8-3-4-10-19-30(39)34-23-13-7-15-25-37(2)26-28-16-11-14-22-33-28;2*2-1-3/h11,14,16,22,27H,3-10,12-13,15,17-21,23-26H2,1-2H3,(H,34,39)(H,40,41)(H2,35,36,42);;. The number of ketones is 1. The smallest absolute Gasteiger partial charge is 0.373 e. The highest BCUT2D eigenvalue weighted by atomic mass is 16.4. The number of amides is 3. The zero-order valence-corrected chi connectivity index (χ0v) is 28.6. The SMILES string of the molecule is CC(CCC(=O)O)NC(=O)NCCCCCCC(=O)CCCCCCC(=O)NCCCCCN(C)Cc1ccccn1.O=C=O.O=C=O. The second kappa shape index (κ2) is 34.1. The van der Waals surface area contributed by atoms with Gasteiger partial charge in [-0.3, -0.25) is 19.4 Å². The van der Waals surface area contributed by atoms with E-state index < -0.39 is 5.97 Å². The summed E-state index contributed by atoms with van der Waals surface area (Å²) in [6, 6.07) is 5.53. The third kappa shape index (κ3) is 34.6. The van der Waals surface area contributed by atoms with Crippen LogP contribution in [0, 0.1) is 0 Å². The maximum absolute atomic E-state index is 12.1. The predicted molar refractivity (Wildman–Crippen MR) is 176 cm³/mol. The summed E-state index contributed by atoms with van der Waals surface area (Å²) in [5.41, 5.74) is 1.08. The van der Waals surface area contributed by atoms with E-state index in [1.54, 1.807) is 6.92 Å². The van der Waals surface area contributed by atoms with Crippen LogP contribution >= 0.6 is 0 Å². The van der Waals surface area contributed by atoms with Gasteiger partial charge in [-0.1, -0.05) is 38.2 Å². The topological polar surface area (TPSA) is 209 Å². The van der Waals surface area contributed by atoms with Crippen molar-refractivity contribution in [3.8, 4) is 0 Å². The Morgan fingerprint density at radius 1 is 0.771 bits per heavy atom. The second-order valence-electron chi connectivity index (χ2n) is 11.5. The summed E-state index contributed by atoms with van der Waals surface area (Å²) in [5.74, 6) is -0.433. The molecule has 48 heavy (non-hydrogen) atoms. The fraction of sp³-hybridized carbons (Fsp3) is 0.676. The number of urea groups is 1. The van der Waals surface area contributed by atoms with Crippen LogP contribution in [0.25, 0.3) is 0 Å². The summed E-state index contributed by atoms with van der Waals surface area (Å²) in [5, 5.41) is 17.2. The van der Waals surface area contributed by atoms with Crippen molar-refractivity contribution in [3.63, 3.8) is 0 Å². The minimum absolute atomic E-state index is 0.0353. The quantitative estimate of drug-likeness (QED) is 0.103. The Morgan fingerprint density at radius 3 is 1.88 bits per heavy atom. The van der Waals surface area contributed by atoms with Crippen molar-refractivity contribution in [1.82, 2.24) is 25.8 Å². The van der Waals surface area contributed by atoms with Gasteiger partial charge in [-0.05, 0) is 77.6 Å². The van der Waals surface area contributed by atoms with E-state index in [1.807, 2.05) is 24.4 Å². The lowest BCUT2D eigenvalue weighted by molar-refractivity contribution is -0.193. The highest BCUT2D eigenvalue weighted by Crippen LogP contribution is 2.10. The molecule has 0 fully saturated rings. The molecule has 0 saturated carbocycles. The minimum Gasteiger partial charge on any atom is -0.481 e. The molecule has 1 rings (SSSR count).